The maximum absolute atomic E-state index is 9.51. The van der Waals surface area contributed by atoms with Crippen LogP contribution in [0.3, 0.4) is 0 Å². The van der Waals surface area contributed by atoms with E-state index in [2.05, 4.69) is 24.3 Å². The Labute approximate surface area is 140 Å². The molecule has 1 aliphatic carbocycles. The van der Waals surface area contributed by atoms with Crippen molar-refractivity contribution in [1.82, 2.24) is 0 Å². The monoisotopic (exact) mass is 452 g/mol. The second-order valence-electron chi connectivity index (χ2n) is 5.56. The second kappa shape index (κ2) is 6.66. The number of ether oxygens (including phenoxy) is 1. The van der Waals surface area contributed by atoms with Crippen LogP contribution < -0.4 is 4.74 Å². The fraction of sp³-hybridized carbons (Fsp3) is 0.333. The Balaban J connectivity index is 0.00000161. The Hall–Kier alpha value is -1.27. The van der Waals surface area contributed by atoms with Crippen molar-refractivity contribution in [2.24, 2.45) is 0 Å². The first kappa shape index (κ1) is 16.1. The molecular formula is C18H20O2W. The summed E-state index contributed by atoms with van der Waals surface area (Å²) in [7, 11) is 1.69. The van der Waals surface area contributed by atoms with E-state index in [0.29, 0.717) is 5.75 Å². The first-order valence-corrected chi connectivity index (χ1v) is 7.19. The molecule has 0 heterocycles. The van der Waals surface area contributed by atoms with Crippen LogP contribution in [0.15, 0.2) is 48.5 Å². The van der Waals surface area contributed by atoms with Gasteiger partial charge in [-0.3, -0.25) is 0 Å². The molecule has 2 aromatic carbocycles. The number of methoxy groups -OCH3 is 1. The SMILES string of the molecule is COc1ccc(C2(c3ccc(O)cc3)CCCC2)cc1.[W]. The van der Waals surface area contributed by atoms with Gasteiger partial charge in [0, 0.05) is 26.5 Å². The van der Waals surface area contributed by atoms with Gasteiger partial charge in [0.2, 0.25) is 0 Å². The zero-order valence-electron chi connectivity index (χ0n) is 12.2. The molecule has 0 spiro atoms. The molecule has 1 N–H and O–H groups in total. The first-order chi connectivity index (χ1) is 9.74. The van der Waals surface area contributed by atoms with E-state index in [1.54, 1.807) is 19.2 Å². The van der Waals surface area contributed by atoms with Crippen molar-refractivity contribution < 1.29 is 30.9 Å². The van der Waals surface area contributed by atoms with Gasteiger partial charge < -0.3 is 9.84 Å². The van der Waals surface area contributed by atoms with Gasteiger partial charge >= 0.3 is 0 Å². The second-order valence-corrected chi connectivity index (χ2v) is 5.56. The summed E-state index contributed by atoms with van der Waals surface area (Å²) in [5.74, 6) is 1.23. The molecule has 0 aromatic heterocycles. The van der Waals surface area contributed by atoms with Crippen LogP contribution in [0.5, 0.6) is 11.5 Å². The molecule has 0 bridgehead atoms. The van der Waals surface area contributed by atoms with Gasteiger partial charge in [0.25, 0.3) is 0 Å². The van der Waals surface area contributed by atoms with Gasteiger partial charge in [-0.15, -0.1) is 0 Å². The van der Waals surface area contributed by atoms with Crippen LogP contribution >= 0.6 is 0 Å². The minimum atomic E-state index is 0. The third-order valence-electron chi connectivity index (χ3n) is 4.52. The van der Waals surface area contributed by atoms with Gasteiger partial charge in [0.15, 0.2) is 0 Å². The largest absolute Gasteiger partial charge is 0.508 e. The van der Waals surface area contributed by atoms with E-state index < -0.39 is 0 Å². The maximum atomic E-state index is 9.51. The molecule has 3 heteroatoms. The Kier molecular flexibility index (Phi) is 5.11. The van der Waals surface area contributed by atoms with Crippen LogP contribution in [0.2, 0.25) is 0 Å². The van der Waals surface area contributed by atoms with E-state index in [1.165, 1.54) is 36.8 Å². The summed E-state index contributed by atoms with van der Waals surface area (Å²) < 4.78 is 5.25. The Morgan fingerprint density at radius 1 is 0.857 bits per heavy atom. The Morgan fingerprint density at radius 3 is 1.81 bits per heavy atom. The zero-order valence-corrected chi connectivity index (χ0v) is 15.1. The Morgan fingerprint density at radius 2 is 1.33 bits per heavy atom. The third-order valence-corrected chi connectivity index (χ3v) is 4.52. The quantitative estimate of drug-likeness (QED) is 0.755. The summed E-state index contributed by atoms with van der Waals surface area (Å²) in [5.41, 5.74) is 2.75. The average molecular weight is 452 g/mol. The molecule has 2 aromatic rings. The van der Waals surface area contributed by atoms with E-state index in [0.717, 1.165) is 5.75 Å². The number of phenols is 1. The molecule has 0 atom stereocenters. The van der Waals surface area contributed by atoms with Crippen molar-refractivity contribution in [2.45, 2.75) is 31.1 Å². The van der Waals surface area contributed by atoms with Crippen molar-refractivity contribution in [3.8, 4) is 11.5 Å². The molecule has 0 unspecified atom stereocenters. The summed E-state index contributed by atoms with van der Waals surface area (Å²) in [6.07, 6.45) is 4.86. The Bertz CT molecular complexity index is 569. The van der Waals surface area contributed by atoms with Crippen LogP contribution in [0.1, 0.15) is 36.8 Å². The molecule has 0 aliphatic heterocycles. The van der Waals surface area contributed by atoms with Gasteiger partial charge in [-0.2, -0.15) is 0 Å². The van der Waals surface area contributed by atoms with Crippen LogP contribution in [0, 0.1) is 0 Å². The smallest absolute Gasteiger partial charge is 0.118 e. The summed E-state index contributed by atoms with van der Waals surface area (Å²) in [6.45, 7) is 0. The molecular weight excluding hydrogens is 432 g/mol. The molecule has 3 rings (SSSR count). The third kappa shape index (κ3) is 3.01. The van der Waals surface area contributed by atoms with Crippen molar-refractivity contribution in [3.63, 3.8) is 0 Å². The fourth-order valence-corrected chi connectivity index (χ4v) is 3.41. The topological polar surface area (TPSA) is 29.5 Å². The molecule has 0 saturated heterocycles. The van der Waals surface area contributed by atoms with Gasteiger partial charge in [0.1, 0.15) is 11.5 Å². The number of hydrogen-bond acceptors (Lipinski definition) is 2. The predicted molar refractivity (Wildman–Crippen MR) is 80.3 cm³/mol. The molecule has 0 amide bonds. The van der Waals surface area contributed by atoms with E-state index in [4.69, 9.17) is 4.74 Å². The van der Waals surface area contributed by atoms with Crippen molar-refractivity contribution >= 4 is 0 Å². The molecule has 1 saturated carbocycles. The van der Waals surface area contributed by atoms with E-state index in [9.17, 15) is 5.11 Å². The molecule has 2 nitrogen and oxygen atoms in total. The minimum Gasteiger partial charge on any atom is -0.508 e. The fourth-order valence-electron chi connectivity index (χ4n) is 3.41. The zero-order chi connectivity index (χ0) is 14.0. The van der Waals surface area contributed by atoms with Crippen LogP contribution in [-0.2, 0) is 26.5 Å². The van der Waals surface area contributed by atoms with E-state index >= 15 is 0 Å². The number of aromatic hydroxyl groups is 1. The summed E-state index contributed by atoms with van der Waals surface area (Å²) >= 11 is 0. The maximum Gasteiger partial charge on any atom is 0.118 e. The minimum absolute atomic E-state index is 0. The van der Waals surface area contributed by atoms with E-state index in [1.807, 2.05) is 12.1 Å². The number of hydrogen-bond donors (Lipinski definition) is 1. The molecule has 1 aliphatic rings. The van der Waals surface area contributed by atoms with Crippen molar-refractivity contribution in [2.75, 3.05) is 7.11 Å². The molecule has 1 fully saturated rings. The van der Waals surface area contributed by atoms with Crippen LogP contribution in [0.4, 0.5) is 0 Å². The van der Waals surface area contributed by atoms with Gasteiger partial charge in [-0.25, -0.2) is 0 Å². The first-order valence-electron chi connectivity index (χ1n) is 7.19. The standard InChI is InChI=1S/C18H20O2.W/c1-20-17-10-6-15(7-11-17)18(12-2-3-13-18)14-4-8-16(19)9-5-14;/h4-11,19H,2-3,12-13H2,1H3;. The van der Waals surface area contributed by atoms with E-state index in [-0.39, 0.29) is 26.5 Å². The summed E-state index contributed by atoms with van der Waals surface area (Å²) in [4.78, 5) is 0. The van der Waals surface area contributed by atoms with Gasteiger partial charge in [0.05, 0.1) is 7.11 Å². The normalized spacial score (nSPS) is 16.2. The molecule has 0 radical (unpaired) electrons. The molecule has 21 heavy (non-hydrogen) atoms. The molecule has 110 valence electrons. The van der Waals surface area contributed by atoms with Gasteiger partial charge in [-0.1, -0.05) is 37.1 Å². The van der Waals surface area contributed by atoms with Crippen LogP contribution in [-0.4, -0.2) is 12.2 Å². The van der Waals surface area contributed by atoms with Gasteiger partial charge in [-0.05, 0) is 48.2 Å². The average Bonchev–Trinajstić information content (AvgIpc) is 2.99. The number of benzene rings is 2. The summed E-state index contributed by atoms with van der Waals surface area (Å²) in [6, 6.07) is 16.1. The number of phenolic OH excluding ortho intramolecular Hbond substituents is 1. The van der Waals surface area contributed by atoms with Crippen molar-refractivity contribution in [1.29, 1.82) is 0 Å². The number of rotatable bonds is 3. The predicted octanol–water partition coefficient (Wildman–Crippen LogP) is 4.26. The van der Waals surface area contributed by atoms with Crippen LogP contribution in [0.25, 0.3) is 0 Å². The van der Waals surface area contributed by atoms with Crippen molar-refractivity contribution in [3.05, 3.63) is 59.7 Å². The summed E-state index contributed by atoms with van der Waals surface area (Å²) in [5, 5.41) is 9.51.